The minimum atomic E-state index is -0.842. The summed E-state index contributed by atoms with van der Waals surface area (Å²) in [6, 6.07) is 1.50. The molecule has 1 aliphatic heterocycles. The van der Waals surface area contributed by atoms with Gasteiger partial charge in [-0.15, -0.1) is 0 Å². The van der Waals surface area contributed by atoms with Crippen molar-refractivity contribution in [2.75, 3.05) is 10.6 Å². The van der Waals surface area contributed by atoms with Gasteiger partial charge in [-0.25, -0.2) is 4.39 Å². The van der Waals surface area contributed by atoms with Gasteiger partial charge in [-0.3, -0.25) is 4.79 Å². The molecule has 16 heavy (non-hydrogen) atoms. The summed E-state index contributed by atoms with van der Waals surface area (Å²) in [5.74, 6) is -0.722. The molecular formula is C11H12ClFN2O. The number of fused-ring (bicyclic) bond motifs is 1. The summed E-state index contributed by atoms with van der Waals surface area (Å²) in [7, 11) is 0. The van der Waals surface area contributed by atoms with Crippen molar-refractivity contribution >= 4 is 28.9 Å². The highest BCUT2D eigenvalue weighted by Gasteiger charge is 2.35. The normalized spacial score (nSPS) is 17.4. The molecule has 1 aromatic carbocycles. The highest BCUT2D eigenvalue weighted by molar-refractivity contribution is 6.31. The first-order valence-corrected chi connectivity index (χ1v) is 5.29. The molecule has 0 saturated carbocycles. The number of hydrogen-bond acceptors (Lipinski definition) is 2. The van der Waals surface area contributed by atoms with Crippen molar-refractivity contribution in [3.63, 3.8) is 0 Å². The number of carbonyl (C=O) groups excluding carboxylic acids is 1. The van der Waals surface area contributed by atoms with Crippen LogP contribution < -0.4 is 10.6 Å². The van der Waals surface area contributed by atoms with E-state index in [1.54, 1.807) is 20.8 Å². The Bertz CT molecular complexity index is 485. The van der Waals surface area contributed by atoms with Gasteiger partial charge < -0.3 is 10.6 Å². The minimum Gasteiger partial charge on any atom is -0.368 e. The molecule has 1 aromatic rings. The van der Waals surface area contributed by atoms with Crippen LogP contribution in [0.4, 0.5) is 15.8 Å². The minimum absolute atomic E-state index is 0.0516. The van der Waals surface area contributed by atoms with Crippen molar-refractivity contribution < 1.29 is 9.18 Å². The van der Waals surface area contributed by atoms with Gasteiger partial charge in [0.2, 0.25) is 5.91 Å². The van der Waals surface area contributed by atoms with Crippen LogP contribution >= 0.6 is 11.6 Å². The highest BCUT2D eigenvalue weighted by atomic mass is 35.5. The van der Waals surface area contributed by atoms with Gasteiger partial charge in [-0.1, -0.05) is 11.6 Å². The molecule has 1 aliphatic rings. The summed E-state index contributed by atoms with van der Waals surface area (Å²) in [5.41, 5.74) is 0.615. The van der Waals surface area contributed by atoms with E-state index in [2.05, 4.69) is 10.6 Å². The number of nitrogens with one attached hydrogen (secondary N) is 2. The Labute approximate surface area is 98.0 Å². The fourth-order valence-corrected chi connectivity index (χ4v) is 1.93. The van der Waals surface area contributed by atoms with E-state index in [0.29, 0.717) is 5.69 Å². The van der Waals surface area contributed by atoms with Crippen molar-refractivity contribution in [2.45, 2.75) is 26.3 Å². The first-order chi connectivity index (χ1) is 7.33. The summed E-state index contributed by atoms with van der Waals surface area (Å²) < 4.78 is 13.8. The van der Waals surface area contributed by atoms with Gasteiger partial charge >= 0.3 is 0 Å². The summed E-state index contributed by atoms with van der Waals surface area (Å²) in [6.07, 6.45) is 0. The van der Waals surface area contributed by atoms with E-state index in [-0.39, 0.29) is 16.6 Å². The first kappa shape index (κ1) is 11.2. The summed E-state index contributed by atoms with van der Waals surface area (Å²) in [4.78, 5) is 11.7. The molecule has 3 nitrogen and oxygen atoms in total. The third kappa shape index (κ3) is 1.53. The molecule has 5 heteroatoms. The number of anilines is 2. The van der Waals surface area contributed by atoms with Gasteiger partial charge in [0.05, 0.1) is 16.4 Å². The average molecular weight is 243 g/mol. The molecule has 1 heterocycles. The molecule has 0 fully saturated rings. The Balaban J connectivity index is 2.64. The number of rotatable bonds is 0. The molecule has 1 amide bonds. The second-order valence-electron chi connectivity index (χ2n) is 4.44. The highest BCUT2D eigenvalue weighted by Crippen LogP contribution is 2.38. The molecule has 0 atom stereocenters. The monoisotopic (exact) mass is 242 g/mol. The molecule has 0 saturated heterocycles. The van der Waals surface area contributed by atoms with E-state index in [9.17, 15) is 9.18 Å². The number of carbonyl (C=O) groups is 1. The predicted octanol–water partition coefficient (Wildman–Crippen LogP) is 2.93. The zero-order valence-electron chi connectivity index (χ0n) is 9.24. The lowest BCUT2D eigenvalue weighted by Crippen LogP contribution is -2.48. The van der Waals surface area contributed by atoms with Crippen LogP contribution in [0.5, 0.6) is 0 Å². The molecule has 86 valence electrons. The van der Waals surface area contributed by atoms with Crippen molar-refractivity contribution in [3.8, 4) is 0 Å². The molecular weight excluding hydrogens is 231 g/mol. The van der Waals surface area contributed by atoms with Gasteiger partial charge in [0, 0.05) is 0 Å². The van der Waals surface area contributed by atoms with E-state index in [4.69, 9.17) is 11.6 Å². The maximum Gasteiger partial charge on any atom is 0.249 e. The van der Waals surface area contributed by atoms with Gasteiger partial charge in [-0.05, 0) is 32.4 Å². The van der Waals surface area contributed by atoms with Crippen LogP contribution in [0.3, 0.4) is 0 Å². The van der Waals surface area contributed by atoms with Gasteiger partial charge in [0.15, 0.2) is 5.82 Å². The maximum atomic E-state index is 13.8. The molecule has 0 spiro atoms. The predicted molar refractivity (Wildman–Crippen MR) is 62.5 cm³/mol. The van der Waals surface area contributed by atoms with Crippen molar-refractivity contribution in [1.29, 1.82) is 0 Å². The topological polar surface area (TPSA) is 41.1 Å². The number of aryl methyl sites for hydroxylation is 1. The van der Waals surface area contributed by atoms with Gasteiger partial charge in [-0.2, -0.15) is 0 Å². The van der Waals surface area contributed by atoms with E-state index in [0.717, 1.165) is 5.56 Å². The lowest BCUT2D eigenvalue weighted by molar-refractivity contribution is -0.119. The lowest BCUT2D eigenvalue weighted by atomic mass is 9.98. The van der Waals surface area contributed by atoms with Crippen LogP contribution in [0.2, 0.25) is 5.02 Å². The van der Waals surface area contributed by atoms with Crippen molar-refractivity contribution in [1.82, 2.24) is 0 Å². The quantitative estimate of drug-likeness (QED) is 0.735. The SMILES string of the molecule is Cc1cc(Cl)c(F)c2c1NC(=O)C(C)(C)N2. The molecule has 0 aromatic heterocycles. The Hall–Kier alpha value is -1.29. The van der Waals surface area contributed by atoms with Crippen LogP contribution in [0, 0.1) is 12.7 Å². The first-order valence-electron chi connectivity index (χ1n) is 4.91. The molecule has 0 aliphatic carbocycles. The number of hydrogen-bond donors (Lipinski definition) is 2. The Morgan fingerprint density at radius 3 is 2.62 bits per heavy atom. The smallest absolute Gasteiger partial charge is 0.249 e. The van der Waals surface area contributed by atoms with E-state index in [1.165, 1.54) is 6.07 Å². The maximum absolute atomic E-state index is 13.8. The number of benzene rings is 1. The zero-order valence-corrected chi connectivity index (χ0v) is 10.00. The Kier molecular flexibility index (Phi) is 2.35. The third-order valence-electron chi connectivity index (χ3n) is 2.66. The fraction of sp³-hybridized carbons (Fsp3) is 0.364. The molecule has 2 rings (SSSR count). The summed E-state index contributed by atoms with van der Waals surface area (Å²) >= 11 is 5.75. The Morgan fingerprint density at radius 1 is 1.38 bits per heavy atom. The van der Waals surface area contributed by atoms with Crippen LogP contribution in [-0.4, -0.2) is 11.4 Å². The van der Waals surface area contributed by atoms with E-state index < -0.39 is 11.4 Å². The Morgan fingerprint density at radius 2 is 2.00 bits per heavy atom. The average Bonchev–Trinajstić information content (AvgIpc) is 2.18. The number of halogens is 2. The molecule has 0 bridgehead atoms. The van der Waals surface area contributed by atoms with E-state index in [1.807, 2.05) is 0 Å². The molecule has 2 N–H and O–H groups in total. The lowest BCUT2D eigenvalue weighted by Gasteiger charge is -2.33. The number of amides is 1. The van der Waals surface area contributed by atoms with Crippen LogP contribution in [0.15, 0.2) is 6.07 Å². The second kappa shape index (κ2) is 3.35. The van der Waals surface area contributed by atoms with Crippen LogP contribution in [-0.2, 0) is 4.79 Å². The fourth-order valence-electron chi connectivity index (χ4n) is 1.67. The second-order valence-corrected chi connectivity index (χ2v) is 4.85. The third-order valence-corrected chi connectivity index (χ3v) is 2.94. The standard InChI is InChI=1S/C11H12ClFN2O/c1-5-4-6(12)7(13)9-8(5)14-10(16)11(2,3)15-9/h4,15H,1-3H3,(H,14,16). The molecule has 0 radical (unpaired) electrons. The van der Waals surface area contributed by atoms with Crippen molar-refractivity contribution in [2.24, 2.45) is 0 Å². The largest absolute Gasteiger partial charge is 0.368 e. The van der Waals surface area contributed by atoms with Crippen LogP contribution in [0.1, 0.15) is 19.4 Å². The summed E-state index contributed by atoms with van der Waals surface area (Å²) in [6.45, 7) is 5.13. The van der Waals surface area contributed by atoms with Gasteiger partial charge in [0.1, 0.15) is 5.54 Å². The van der Waals surface area contributed by atoms with Crippen LogP contribution in [0.25, 0.3) is 0 Å². The molecule has 0 unspecified atom stereocenters. The van der Waals surface area contributed by atoms with Gasteiger partial charge in [0.25, 0.3) is 0 Å². The van der Waals surface area contributed by atoms with Crippen molar-refractivity contribution in [3.05, 3.63) is 22.5 Å². The van der Waals surface area contributed by atoms with E-state index >= 15 is 0 Å². The zero-order chi connectivity index (χ0) is 12.1. The summed E-state index contributed by atoms with van der Waals surface area (Å²) in [5, 5.41) is 5.60.